The van der Waals surface area contributed by atoms with Crippen molar-refractivity contribution >= 4 is 46.2 Å². The van der Waals surface area contributed by atoms with Crippen molar-refractivity contribution in [3.63, 3.8) is 0 Å². The number of urea groups is 1. The van der Waals surface area contributed by atoms with E-state index in [2.05, 4.69) is 20.1 Å². The number of imide groups is 1. The first-order valence-electron chi connectivity index (χ1n) is 10.9. The number of hydrogen-bond acceptors (Lipinski definition) is 7. The van der Waals surface area contributed by atoms with Crippen molar-refractivity contribution < 1.29 is 33.4 Å². The van der Waals surface area contributed by atoms with Crippen LogP contribution in [0.2, 0.25) is 0 Å². The summed E-state index contributed by atoms with van der Waals surface area (Å²) in [6.07, 6.45) is 0. The summed E-state index contributed by atoms with van der Waals surface area (Å²) in [5, 5.41) is 6.93. The van der Waals surface area contributed by atoms with Crippen molar-refractivity contribution in [2.45, 2.75) is 12.5 Å². The zero-order valence-electron chi connectivity index (χ0n) is 19.8. The van der Waals surface area contributed by atoms with Crippen molar-refractivity contribution in [3.8, 4) is 0 Å². The lowest BCUT2D eigenvalue weighted by Crippen LogP contribution is -2.42. The third-order valence-electron chi connectivity index (χ3n) is 5.96. The topological polar surface area (TPSA) is 131 Å². The molecule has 10 heteroatoms. The maximum atomic E-state index is 13.4. The van der Waals surface area contributed by atoms with Gasteiger partial charge in [-0.3, -0.25) is 14.5 Å². The number of ether oxygens (including phenoxy) is 2. The Morgan fingerprint density at radius 3 is 2.17 bits per heavy atom. The molecule has 1 aliphatic heterocycles. The van der Waals surface area contributed by atoms with Crippen molar-refractivity contribution in [1.82, 2.24) is 10.2 Å². The standard InChI is InChI=1S/C26H23N3O7/c1-26(20-10-6-8-15-7-4-5-9-19(15)20)24(33)29(25(34)28-26)14-21(30)27-18-12-16(22(31)35-2)11-17(13-18)23(32)36-3/h4-13H,14H2,1-3H3,(H,27,30)(H,28,34). The van der Waals surface area contributed by atoms with Crippen LogP contribution in [0.5, 0.6) is 0 Å². The molecule has 1 heterocycles. The molecule has 1 fully saturated rings. The number of methoxy groups -OCH3 is 2. The van der Waals surface area contributed by atoms with Gasteiger partial charge < -0.3 is 20.1 Å². The summed E-state index contributed by atoms with van der Waals surface area (Å²) < 4.78 is 9.37. The van der Waals surface area contributed by atoms with Crippen LogP contribution in [0, 0.1) is 0 Å². The van der Waals surface area contributed by atoms with E-state index in [1.165, 1.54) is 32.4 Å². The molecule has 1 saturated heterocycles. The Labute approximate surface area is 206 Å². The summed E-state index contributed by atoms with van der Waals surface area (Å²) in [6.45, 7) is 1.01. The number of nitrogens with one attached hydrogen (secondary N) is 2. The lowest BCUT2D eigenvalue weighted by molar-refractivity contribution is -0.133. The van der Waals surface area contributed by atoms with Crippen LogP contribution >= 0.6 is 0 Å². The lowest BCUT2D eigenvalue weighted by atomic mass is 9.88. The van der Waals surface area contributed by atoms with Crippen LogP contribution in [0.15, 0.2) is 60.7 Å². The highest BCUT2D eigenvalue weighted by atomic mass is 16.5. The van der Waals surface area contributed by atoms with Gasteiger partial charge in [-0.2, -0.15) is 0 Å². The summed E-state index contributed by atoms with van der Waals surface area (Å²) in [4.78, 5) is 63.7. The molecular weight excluding hydrogens is 466 g/mol. The van der Waals surface area contributed by atoms with Gasteiger partial charge in [0.15, 0.2) is 0 Å². The molecule has 36 heavy (non-hydrogen) atoms. The number of nitrogens with zero attached hydrogens (tertiary/aromatic N) is 1. The van der Waals surface area contributed by atoms with Gasteiger partial charge in [-0.05, 0) is 41.5 Å². The van der Waals surface area contributed by atoms with Gasteiger partial charge in [0.25, 0.3) is 5.91 Å². The molecule has 2 N–H and O–H groups in total. The number of amides is 4. The smallest absolute Gasteiger partial charge is 0.337 e. The maximum Gasteiger partial charge on any atom is 0.337 e. The zero-order chi connectivity index (χ0) is 26.0. The molecule has 1 atom stereocenters. The van der Waals surface area contributed by atoms with Crippen LogP contribution < -0.4 is 10.6 Å². The molecule has 0 saturated carbocycles. The number of esters is 2. The SMILES string of the molecule is COC(=O)c1cc(NC(=O)CN2C(=O)NC(C)(c3cccc4ccccc34)C2=O)cc(C(=O)OC)c1. The molecule has 10 nitrogen and oxygen atoms in total. The Morgan fingerprint density at radius 2 is 1.53 bits per heavy atom. The van der Waals surface area contributed by atoms with Crippen molar-refractivity contribution in [2.24, 2.45) is 0 Å². The van der Waals surface area contributed by atoms with E-state index >= 15 is 0 Å². The van der Waals surface area contributed by atoms with E-state index in [1.54, 1.807) is 19.1 Å². The van der Waals surface area contributed by atoms with Gasteiger partial charge in [-0.15, -0.1) is 0 Å². The molecule has 0 aliphatic carbocycles. The molecule has 1 aliphatic rings. The van der Waals surface area contributed by atoms with E-state index in [0.29, 0.717) is 5.56 Å². The van der Waals surface area contributed by atoms with E-state index in [1.807, 2.05) is 30.3 Å². The second-order valence-corrected chi connectivity index (χ2v) is 8.30. The fraction of sp³-hybridized carbons (Fsp3) is 0.192. The van der Waals surface area contributed by atoms with Crippen LogP contribution in [0.25, 0.3) is 10.8 Å². The van der Waals surface area contributed by atoms with Crippen LogP contribution in [0.3, 0.4) is 0 Å². The number of anilines is 1. The normalized spacial score (nSPS) is 17.0. The summed E-state index contributed by atoms with van der Waals surface area (Å²) in [6, 6.07) is 16.1. The van der Waals surface area contributed by atoms with Gasteiger partial charge in [0.05, 0.1) is 25.3 Å². The van der Waals surface area contributed by atoms with Gasteiger partial charge in [0.2, 0.25) is 5.91 Å². The number of carbonyl (C=O) groups excluding carboxylic acids is 5. The molecule has 0 aromatic heterocycles. The quantitative estimate of drug-likeness (QED) is 0.402. The highest BCUT2D eigenvalue weighted by Crippen LogP contribution is 2.33. The Hall–Kier alpha value is -4.73. The number of fused-ring (bicyclic) bond motifs is 1. The molecular formula is C26H23N3O7. The van der Waals surface area contributed by atoms with E-state index in [0.717, 1.165) is 15.7 Å². The fourth-order valence-electron chi connectivity index (χ4n) is 4.20. The minimum absolute atomic E-state index is 0.00854. The van der Waals surface area contributed by atoms with E-state index in [4.69, 9.17) is 0 Å². The number of rotatable bonds is 6. The van der Waals surface area contributed by atoms with Crippen LogP contribution in [0.4, 0.5) is 10.5 Å². The first-order valence-corrected chi connectivity index (χ1v) is 10.9. The van der Waals surface area contributed by atoms with E-state index < -0.39 is 41.9 Å². The van der Waals surface area contributed by atoms with Crippen molar-refractivity contribution in [3.05, 3.63) is 77.4 Å². The Bertz CT molecular complexity index is 1380. The molecule has 4 amide bonds. The number of carbonyl (C=O) groups is 5. The Balaban J connectivity index is 1.58. The largest absolute Gasteiger partial charge is 0.465 e. The van der Waals surface area contributed by atoms with Crippen LogP contribution in [-0.4, -0.2) is 55.4 Å². The Morgan fingerprint density at radius 1 is 0.917 bits per heavy atom. The first kappa shape index (κ1) is 24.4. The highest BCUT2D eigenvalue weighted by Gasteiger charge is 2.50. The van der Waals surface area contributed by atoms with Crippen LogP contribution in [0.1, 0.15) is 33.2 Å². The van der Waals surface area contributed by atoms with Crippen LogP contribution in [-0.2, 0) is 24.6 Å². The third kappa shape index (κ3) is 4.36. The highest BCUT2D eigenvalue weighted by molar-refractivity contribution is 6.12. The first-order chi connectivity index (χ1) is 17.2. The van der Waals surface area contributed by atoms with Crippen molar-refractivity contribution in [2.75, 3.05) is 26.1 Å². The molecule has 0 radical (unpaired) electrons. The second-order valence-electron chi connectivity index (χ2n) is 8.30. The van der Waals surface area contributed by atoms with Gasteiger partial charge in [0.1, 0.15) is 12.1 Å². The summed E-state index contributed by atoms with van der Waals surface area (Å²) in [7, 11) is 2.35. The monoisotopic (exact) mass is 489 g/mol. The van der Waals surface area contributed by atoms with Gasteiger partial charge in [0, 0.05) is 5.69 Å². The van der Waals surface area contributed by atoms with Gasteiger partial charge in [-0.1, -0.05) is 42.5 Å². The molecule has 4 rings (SSSR count). The number of hydrogen-bond donors (Lipinski definition) is 2. The minimum Gasteiger partial charge on any atom is -0.465 e. The Kier molecular flexibility index (Phi) is 6.43. The molecule has 1 unspecified atom stereocenters. The predicted octanol–water partition coefficient (Wildman–Crippen LogP) is 2.82. The van der Waals surface area contributed by atoms with Crippen molar-refractivity contribution in [1.29, 1.82) is 0 Å². The zero-order valence-corrected chi connectivity index (χ0v) is 19.8. The fourth-order valence-corrected chi connectivity index (χ4v) is 4.20. The molecule has 0 bridgehead atoms. The average Bonchev–Trinajstić information content (AvgIpc) is 3.10. The minimum atomic E-state index is -1.37. The van der Waals surface area contributed by atoms with E-state index in [9.17, 15) is 24.0 Å². The predicted molar refractivity (Wildman–Crippen MR) is 129 cm³/mol. The van der Waals surface area contributed by atoms with E-state index in [-0.39, 0.29) is 16.8 Å². The summed E-state index contributed by atoms with van der Waals surface area (Å²) >= 11 is 0. The lowest BCUT2D eigenvalue weighted by Gasteiger charge is -2.24. The molecule has 3 aromatic rings. The average molecular weight is 489 g/mol. The second kappa shape index (κ2) is 9.49. The summed E-state index contributed by atoms with van der Waals surface area (Å²) in [5.41, 5.74) is -0.660. The molecule has 184 valence electrons. The maximum absolute atomic E-state index is 13.4. The molecule has 0 spiro atoms. The number of benzene rings is 3. The molecule has 3 aromatic carbocycles. The van der Waals surface area contributed by atoms with Gasteiger partial charge in [-0.25, -0.2) is 14.4 Å². The summed E-state index contributed by atoms with van der Waals surface area (Å²) in [5.74, 6) is -2.75. The third-order valence-corrected chi connectivity index (χ3v) is 5.96. The van der Waals surface area contributed by atoms with Gasteiger partial charge >= 0.3 is 18.0 Å².